The summed E-state index contributed by atoms with van der Waals surface area (Å²) < 4.78 is 49.6. The minimum Gasteiger partial charge on any atom is -0.479 e. The second-order valence-corrected chi connectivity index (χ2v) is 8.80. The van der Waals surface area contributed by atoms with Crippen LogP contribution in [0.2, 0.25) is 0 Å². The number of amides is 1. The summed E-state index contributed by atoms with van der Waals surface area (Å²) in [6.07, 6.45) is -1.73. The molecule has 0 radical (unpaired) electrons. The molecule has 36 heavy (non-hydrogen) atoms. The standard InChI is InChI=1S/C23H25F3N8O2/c1-12(21(25)26)34-19-10-14(4-5-18(19)29-31-34)15-6-9-33-20(15)22(36-3)28-23(30-33)27-17-7-8-32(13(2)35)11-16(17)24/h4-6,9-10,12,16-17,21H,7-8,11H2,1-3H3,(H,27,30)/t12-,16-,17+/m1/s1. The van der Waals surface area contributed by atoms with E-state index in [1.165, 1.54) is 30.5 Å². The maximum atomic E-state index is 14.7. The number of likely N-dealkylation sites (tertiary alicyclic amines) is 1. The zero-order valence-electron chi connectivity index (χ0n) is 19.9. The summed E-state index contributed by atoms with van der Waals surface area (Å²) in [5.41, 5.74) is 2.98. The van der Waals surface area contributed by atoms with Gasteiger partial charge in [0.2, 0.25) is 17.7 Å². The monoisotopic (exact) mass is 502 g/mol. The van der Waals surface area contributed by atoms with E-state index in [0.29, 0.717) is 29.5 Å². The highest BCUT2D eigenvalue weighted by atomic mass is 19.3. The van der Waals surface area contributed by atoms with E-state index in [4.69, 9.17) is 4.74 Å². The summed E-state index contributed by atoms with van der Waals surface area (Å²) in [4.78, 5) is 17.5. The molecule has 4 heterocycles. The highest BCUT2D eigenvalue weighted by Crippen LogP contribution is 2.34. The molecule has 0 aliphatic carbocycles. The second kappa shape index (κ2) is 9.28. The van der Waals surface area contributed by atoms with E-state index in [2.05, 4.69) is 25.7 Å². The van der Waals surface area contributed by atoms with Crippen LogP contribution in [-0.4, -0.2) is 79.2 Å². The third-order valence-electron chi connectivity index (χ3n) is 6.51. The lowest BCUT2D eigenvalue weighted by Gasteiger charge is -2.34. The Morgan fingerprint density at radius 2 is 2.08 bits per heavy atom. The van der Waals surface area contributed by atoms with Crippen LogP contribution in [0.5, 0.6) is 5.88 Å². The van der Waals surface area contributed by atoms with Crippen molar-refractivity contribution in [3.05, 3.63) is 30.5 Å². The van der Waals surface area contributed by atoms with Gasteiger partial charge < -0.3 is 15.0 Å². The van der Waals surface area contributed by atoms with Gasteiger partial charge in [-0.15, -0.1) is 10.2 Å². The van der Waals surface area contributed by atoms with Crippen LogP contribution in [0.15, 0.2) is 30.5 Å². The van der Waals surface area contributed by atoms with Gasteiger partial charge in [-0.1, -0.05) is 11.3 Å². The van der Waals surface area contributed by atoms with Crippen LogP contribution in [0, 0.1) is 0 Å². The Hall–Kier alpha value is -3.90. The predicted octanol–water partition coefficient (Wildman–Crippen LogP) is 3.35. The number of halogens is 3. The third kappa shape index (κ3) is 4.18. The van der Waals surface area contributed by atoms with E-state index in [1.807, 2.05) is 12.1 Å². The van der Waals surface area contributed by atoms with Crippen molar-refractivity contribution < 1.29 is 22.7 Å². The van der Waals surface area contributed by atoms with E-state index >= 15 is 0 Å². The molecule has 1 aromatic carbocycles. The number of nitrogens with one attached hydrogen (secondary N) is 1. The molecule has 1 saturated heterocycles. The topological polar surface area (TPSA) is 102 Å². The van der Waals surface area contributed by atoms with Crippen molar-refractivity contribution in [2.75, 3.05) is 25.5 Å². The molecule has 1 amide bonds. The molecule has 13 heteroatoms. The van der Waals surface area contributed by atoms with Crippen LogP contribution in [0.4, 0.5) is 19.1 Å². The smallest absolute Gasteiger partial charge is 0.260 e. The van der Waals surface area contributed by atoms with Gasteiger partial charge in [0.05, 0.1) is 25.2 Å². The van der Waals surface area contributed by atoms with Crippen LogP contribution >= 0.6 is 0 Å². The molecule has 1 N–H and O–H groups in total. The molecular formula is C23H25F3N8O2. The van der Waals surface area contributed by atoms with Crippen LogP contribution in [0.25, 0.3) is 27.7 Å². The van der Waals surface area contributed by atoms with Crippen LogP contribution in [0.3, 0.4) is 0 Å². The summed E-state index contributed by atoms with van der Waals surface area (Å²) >= 11 is 0. The van der Waals surface area contributed by atoms with Crippen molar-refractivity contribution in [1.29, 1.82) is 0 Å². The van der Waals surface area contributed by atoms with Gasteiger partial charge in [-0.05, 0) is 37.1 Å². The van der Waals surface area contributed by atoms with E-state index < -0.39 is 24.7 Å². The van der Waals surface area contributed by atoms with Crippen molar-refractivity contribution in [2.24, 2.45) is 0 Å². The summed E-state index contributed by atoms with van der Waals surface area (Å²) in [5.74, 6) is 0.293. The summed E-state index contributed by atoms with van der Waals surface area (Å²) in [7, 11) is 1.47. The Balaban J connectivity index is 1.48. The van der Waals surface area contributed by atoms with Gasteiger partial charge in [0.25, 0.3) is 6.43 Å². The number of piperidine rings is 1. The maximum Gasteiger partial charge on any atom is 0.260 e. The van der Waals surface area contributed by atoms with Gasteiger partial charge >= 0.3 is 0 Å². The Kier molecular flexibility index (Phi) is 6.14. The number of alkyl halides is 3. The minimum absolute atomic E-state index is 0.0120. The van der Waals surface area contributed by atoms with Crippen molar-refractivity contribution in [1.82, 2.24) is 34.5 Å². The number of rotatable bonds is 6. The molecule has 0 spiro atoms. The average Bonchev–Trinajstić information content (AvgIpc) is 3.48. The van der Waals surface area contributed by atoms with Gasteiger partial charge in [0.15, 0.2) is 0 Å². The van der Waals surface area contributed by atoms with E-state index in [9.17, 15) is 18.0 Å². The van der Waals surface area contributed by atoms with Gasteiger partial charge in [0.1, 0.15) is 23.2 Å². The van der Waals surface area contributed by atoms with Crippen molar-refractivity contribution in [2.45, 2.75) is 44.9 Å². The number of nitrogens with zero attached hydrogens (tertiary/aromatic N) is 7. The van der Waals surface area contributed by atoms with Gasteiger partial charge in [0, 0.05) is 25.2 Å². The van der Waals surface area contributed by atoms with Gasteiger partial charge in [-0.25, -0.2) is 22.4 Å². The van der Waals surface area contributed by atoms with Crippen molar-refractivity contribution in [3.63, 3.8) is 0 Å². The number of aromatic nitrogens is 6. The lowest BCUT2D eigenvalue weighted by molar-refractivity contribution is -0.131. The first-order valence-electron chi connectivity index (χ1n) is 11.5. The number of fused-ring (bicyclic) bond motifs is 2. The summed E-state index contributed by atoms with van der Waals surface area (Å²) in [6, 6.07) is 5.39. The van der Waals surface area contributed by atoms with Gasteiger partial charge in [-0.2, -0.15) is 4.98 Å². The average molecular weight is 503 g/mol. The predicted molar refractivity (Wildman–Crippen MR) is 126 cm³/mol. The molecule has 0 saturated carbocycles. The maximum absolute atomic E-state index is 14.7. The lowest BCUT2D eigenvalue weighted by Crippen LogP contribution is -2.49. The number of benzene rings is 1. The van der Waals surface area contributed by atoms with Crippen LogP contribution < -0.4 is 10.1 Å². The summed E-state index contributed by atoms with van der Waals surface area (Å²) in [5, 5.41) is 15.4. The molecule has 3 atom stereocenters. The second-order valence-electron chi connectivity index (χ2n) is 8.80. The molecule has 1 aliphatic rings. The zero-order valence-corrected chi connectivity index (χ0v) is 19.9. The number of hydrogen-bond acceptors (Lipinski definition) is 7. The van der Waals surface area contributed by atoms with E-state index in [0.717, 1.165) is 11.1 Å². The lowest BCUT2D eigenvalue weighted by atomic mass is 10.0. The molecular weight excluding hydrogens is 477 g/mol. The molecule has 3 aromatic heterocycles. The molecule has 10 nitrogen and oxygen atoms in total. The Morgan fingerprint density at radius 3 is 2.78 bits per heavy atom. The Morgan fingerprint density at radius 1 is 1.28 bits per heavy atom. The first-order chi connectivity index (χ1) is 17.3. The SMILES string of the molecule is COc1nc(N[C@H]2CCN(C(C)=O)C[C@H]2F)nn2ccc(-c3ccc4nnn([C@H](C)C(F)F)c4c3)c12. The van der Waals surface area contributed by atoms with Gasteiger partial charge in [-0.3, -0.25) is 4.79 Å². The fourth-order valence-electron chi connectivity index (χ4n) is 4.46. The largest absolute Gasteiger partial charge is 0.479 e. The number of carbonyl (C=O) groups is 1. The molecule has 1 fully saturated rings. The Labute approximate surface area is 204 Å². The van der Waals surface area contributed by atoms with Crippen LogP contribution in [0.1, 0.15) is 26.3 Å². The fraction of sp³-hybridized carbons (Fsp3) is 0.435. The molecule has 4 aromatic rings. The first-order valence-corrected chi connectivity index (χ1v) is 11.5. The Bertz CT molecular complexity index is 1420. The minimum atomic E-state index is -2.59. The molecule has 0 unspecified atom stereocenters. The number of carbonyl (C=O) groups excluding carboxylic acids is 1. The third-order valence-corrected chi connectivity index (χ3v) is 6.51. The molecule has 0 bridgehead atoms. The highest BCUT2D eigenvalue weighted by Gasteiger charge is 2.31. The van der Waals surface area contributed by atoms with Crippen LogP contribution in [-0.2, 0) is 4.79 Å². The first kappa shape index (κ1) is 23.8. The highest BCUT2D eigenvalue weighted by molar-refractivity contribution is 5.89. The molecule has 5 rings (SSSR count). The molecule has 1 aliphatic heterocycles. The normalized spacial score (nSPS) is 19.2. The number of hydrogen-bond donors (Lipinski definition) is 1. The number of ether oxygens (including phenoxy) is 1. The fourth-order valence-corrected chi connectivity index (χ4v) is 4.46. The zero-order chi connectivity index (χ0) is 25.6. The summed E-state index contributed by atoms with van der Waals surface area (Å²) in [6.45, 7) is 3.26. The quantitative estimate of drug-likeness (QED) is 0.431. The number of anilines is 1. The van der Waals surface area contributed by atoms with Crippen molar-refractivity contribution in [3.8, 4) is 17.0 Å². The van der Waals surface area contributed by atoms with E-state index in [-0.39, 0.29) is 24.3 Å². The van der Waals surface area contributed by atoms with Crippen molar-refractivity contribution >= 4 is 28.4 Å². The van der Waals surface area contributed by atoms with E-state index in [1.54, 1.807) is 22.8 Å². The molecule has 190 valence electrons. The number of methoxy groups -OCH3 is 1.